The Kier molecular flexibility index (Phi) is 9.92. The smallest absolute Gasteiger partial charge is 0.264 e. The first-order valence-corrected chi connectivity index (χ1v) is 14.7. The average Bonchev–Trinajstić information content (AvgIpc) is 2.90. The molecule has 1 N–H and O–H groups in total. The number of nitrogens with zero attached hydrogens (tertiary/aromatic N) is 2. The van der Waals surface area contributed by atoms with Crippen LogP contribution in [0.2, 0.25) is 0 Å². The number of aryl methyl sites for hydroxylation is 1. The second-order valence-corrected chi connectivity index (χ2v) is 12.5. The Balaban J connectivity index is 2.00. The van der Waals surface area contributed by atoms with Gasteiger partial charge in [0.05, 0.1) is 10.6 Å². The van der Waals surface area contributed by atoms with E-state index in [1.165, 1.54) is 17.0 Å². The molecule has 8 heteroatoms. The van der Waals surface area contributed by atoms with Crippen molar-refractivity contribution in [2.45, 2.75) is 63.9 Å². The van der Waals surface area contributed by atoms with Crippen LogP contribution < -0.4 is 9.62 Å². The van der Waals surface area contributed by atoms with Gasteiger partial charge in [0, 0.05) is 12.1 Å². The molecule has 0 bridgehead atoms. The maximum Gasteiger partial charge on any atom is 0.264 e. The maximum absolute atomic E-state index is 14.0. The molecule has 0 aliphatic rings. The highest BCUT2D eigenvalue weighted by Gasteiger charge is 2.34. The second-order valence-electron chi connectivity index (χ2n) is 10.6. The largest absolute Gasteiger partial charge is 0.350 e. The molecule has 1 unspecified atom stereocenters. The van der Waals surface area contributed by atoms with Crippen LogP contribution in [0.3, 0.4) is 0 Å². The summed E-state index contributed by atoms with van der Waals surface area (Å²) in [7, 11) is -4.06. The van der Waals surface area contributed by atoms with Crippen molar-refractivity contribution in [1.29, 1.82) is 0 Å². The number of rotatable bonds is 11. The number of amides is 2. The lowest BCUT2D eigenvalue weighted by Gasteiger charge is -2.34. The van der Waals surface area contributed by atoms with Crippen LogP contribution >= 0.6 is 0 Å². The van der Waals surface area contributed by atoms with Crippen LogP contribution in [0.1, 0.15) is 45.2 Å². The molecule has 0 saturated carbocycles. The molecule has 0 fully saturated rings. The summed E-state index contributed by atoms with van der Waals surface area (Å²) in [6.45, 7) is 9.27. The van der Waals surface area contributed by atoms with E-state index in [0.29, 0.717) is 18.5 Å². The Morgan fingerprint density at radius 1 is 0.872 bits per heavy atom. The number of hydrogen-bond donors (Lipinski definition) is 1. The molecule has 1 atom stereocenters. The third-order valence-electron chi connectivity index (χ3n) is 6.30. The van der Waals surface area contributed by atoms with E-state index >= 15 is 0 Å². The summed E-state index contributed by atoms with van der Waals surface area (Å²) in [5.74, 6) is -0.707. The molecule has 0 saturated heterocycles. The fraction of sp³-hybridized carbons (Fsp3) is 0.355. The van der Waals surface area contributed by atoms with E-state index in [2.05, 4.69) is 5.32 Å². The predicted octanol–water partition coefficient (Wildman–Crippen LogP) is 4.95. The van der Waals surface area contributed by atoms with Crippen LogP contribution in [0.15, 0.2) is 89.8 Å². The molecule has 0 aliphatic carbocycles. The van der Waals surface area contributed by atoms with Crippen LogP contribution in [0.25, 0.3) is 0 Å². The highest BCUT2D eigenvalue weighted by molar-refractivity contribution is 7.92. The summed E-state index contributed by atoms with van der Waals surface area (Å²) >= 11 is 0. The van der Waals surface area contributed by atoms with Crippen molar-refractivity contribution in [3.63, 3.8) is 0 Å². The van der Waals surface area contributed by atoms with E-state index < -0.39 is 34.1 Å². The van der Waals surface area contributed by atoms with Crippen LogP contribution in [0.5, 0.6) is 0 Å². The van der Waals surface area contributed by atoms with Crippen molar-refractivity contribution in [2.24, 2.45) is 0 Å². The van der Waals surface area contributed by atoms with E-state index in [9.17, 15) is 18.0 Å². The summed E-state index contributed by atoms with van der Waals surface area (Å²) in [4.78, 5) is 28.9. The van der Waals surface area contributed by atoms with Gasteiger partial charge < -0.3 is 10.2 Å². The topological polar surface area (TPSA) is 86.8 Å². The molecule has 0 heterocycles. The molecule has 3 aromatic rings. The van der Waals surface area contributed by atoms with Gasteiger partial charge >= 0.3 is 0 Å². The van der Waals surface area contributed by atoms with Gasteiger partial charge in [0.1, 0.15) is 12.6 Å². The van der Waals surface area contributed by atoms with Crippen molar-refractivity contribution >= 4 is 27.5 Å². The normalized spacial score (nSPS) is 12.4. The molecule has 3 aromatic carbocycles. The summed E-state index contributed by atoms with van der Waals surface area (Å²) in [5, 5.41) is 2.99. The van der Waals surface area contributed by atoms with Gasteiger partial charge in [-0.15, -0.1) is 0 Å². The minimum Gasteiger partial charge on any atom is -0.350 e. The van der Waals surface area contributed by atoms with E-state index in [-0.39, 0.29) is 17.3 Å². The minimum absolute atomic E-state index is 0.0896. The summed E-state index contributed by atoms with van der Waals surface area (Å²) < 4.78 is 28.7. The molecule has 0 spiro atoms. The lowest BCUT2D eigenvalue weighted by Crippen LogP contribution is -2.56. The lowest BCUT2D eigenvalue weighted by atomic mass is 10.1. The Hall–Kier alpha value is -3.65. The number of carbonyl (C=O) groups is 2. The molecular formula is C31H39N3O4S. The van der Waals surface area contributed by atoms with Crippen LogP contribution in [0, 0.1) is 6.92 Å². The molecule has 39 heavy (non-hydrogen) atoms. The van der Waals surface area contributed by atoms with Gasteiger partial charge in [0.15, 0.2) is 0 Å². The van der Waals surface area contributed by atoms with E-state index in [1.54, 1.807) is 30.3 Å². The third-order valence-corrected chi connectivity index (χ3v) is 8.09. The molecule has 2 amide bonds. The van der Waals surface area contributed by atoms with Gasteiger partial charge in [-0.3, -0.25) is 13.9 Å². The maximum atomic E-state index is 14.0. The monoisotopic (exact) mass is 549 g/mol. The van der Waals surface area contributed by atoms with Gasteiger partial charge in [-0.05, 0) is 70.4 Å². The fourth-order valence-corrected chi connectivity index (χ4v) is 5.74. The Labute approximate surface area is 232 Å². The highest BCUT2D eigenvalue weighted by Crippen LogP contribution is 2.25. The van der Waals surface area contributed by atoms with E-state index in [4.69, 9.17) is 0 Å². The quantitative estimate of drug-likeness (QED) is 0.367. The van der Waals surface area contributed by atoms with Crippen LogP contribution in [-0.2, 0) is 26.0 Å². The van der Waals surface area contributed by atoms with Crippen molar-refractivity contribution in [2.75, 3.05) is 17.4 Å². The zero-order chi connectivity index (χ0) is 28.6. The lowest BCUT2D eigenvalue weighted by molar-refractivity contribution is -0.140. The van der Waals surface area contributed by atoms with Crippen molar-refractivity contribution < 1.29 is 18.0 Å². The number of hydrogen-bond acceptors (Lipinski definition) is 4. The third kappa shape index (κ3) is 8.17. The molecule has 3 rings (SSSR count). The standard InChI is InChI=1S/C31H39N3O4S/c1-6-28(30(36)32-31(3,4)5)33(22-21-25-13-9-7-10-14-25)29(35)23-34(26-19-17-24(2)18-20-26)39(37,38)27-15-11-8-12-16-27/h7-20,28H,6,21-23H2,1-5H3,(H,32,36). The molecule has 0 radical (unpaired) electrons. The van der Waals surface area contributed by atoms with Gasteiger partial charge in [-0.1, -0.05) is 73.2 Å². The van der Waals surface area contributed by atoms with Gasteiger partial charge in [0.2, 0.25) is 11.8 Å². The second kappa shape index (κ2) is 12.9. The Morgan fingerprint density at radius 3 is 1.97 bits per heavy atom. The van der Waals surface area contributed by atoms with E-state index in [0.717, 1.165) is 15.4 Å². The van der Waals surface area contributed by atoms with Crippen molar-refractivity contribution in [1.82, 2.24) is 10.2 Å². The molecular weight excluding hydrogens is 510 g/mol. The fourth-order valence-electron chi connectivity index (χ4n) is 4.31. The number of anilines is 1. The first-order valence-electron chi connectivity index (χ1n) is 13.2. The average molecular weight is 550 g/mol. The molecule has 0 aliphatic heterocycles. The highest BCUT2D eigenvalue weighted by atomic mass is 32.2. The zero-order valence-electron chi connectivity index (χ0n) is 23.4. The number of sulfonamides is 1. The Morgan fingerprint density at radius 2 is 1.44 bits per heavy atom. The van der Waals surface area contributed by atoms with Gasteiger partial charge in [0.25, 0.3) is 10.0 Å². The summed E-state index contributed by atoms with van der Waals surface area (Å²) in [5.41, 5.74) is 1.89. The number of nitrogens with one attached hydrogen (secondary N) is 1. The molecule has 0 aromatic heterocycles. The number of benzene rings is 3. The first kappa shape index (κ1) is 29.9. The predicted molar refractivity (Wildman–Crippen MR) is 156 cm³/mol. The van der Waals surface area contributed by atoms with Crippen LogP contribution in [0.4, 0.5) is 5.69 Å². The minimum atomic E-state index is -4.06. The SMILES string of the molecule is CCC(C(=O)NC(C)(C)C)N(CCc1ccccc1)C(=O)CN(c1ccc(C)cc1)S(=O)(=O)c1ccccc1. The van der Waals surface area contributed by atoms with Crippen molar-refractivity contribution in [3.8, 4) is 0 Å². The summed E-state index contributed by atoms with van der Waals surface area (Å²) in [6, 6.07) is 24.1. The van der Waals surface area contributed by atoms with Crippen molar-refractivity contribution in [3.05, 3.63) is 96.1 Å². The van der Waals surface area contributed by atoms with Gasteiger partial charge in [-0.25, -0.2) is 8.42 Å². The van der Waals surface area contributed by atoms with Gasteiger partial charge in [-0.2, -0.15) is 0 Å². The molecule has 208 valence electrons. The summed E-state index contributed by atoms with van der Waals surface area (Å²) in [6.07, 6.45) is 0.917. The molecule has 7 nitrogen and oxygen atoms in total. The Bertz CT molecular complexity index is 1340. The van der Waals surface area contributed by atoms with Crippen LogP contribution in [-0.4, -0.2) is 49.8 Å². The number of carbonyl (C=O) groups excluding carboxylic acids is 2. The first-order chi connectivity index (χ1) is 18.4. The zero-order valence-corrected chi connectivity index (χ0v) is 24.2. The van der Waals surface area contributed by atoms with E-state index in [1.807, 2.05) is 77.1 Å².